The first kappa shape index (κ1) is 16.8. The van der Waals surface area contributed by atoms with Gasteiger partial charge in [-0.1, -0.05) is 35.8 Å². The summed E-state index contributed by atoms with van der Waals surface area (Å²) in [5.41, 5.74) is 2.54. The second kappa shape index (κ2) is 6.67. The van der Waals surface area contributed by atoms with Gasteiger partial charge >= 0.3 is 0 Å². The Morgan fingerprint density at radius 3 is 2.76 bits per heavy atom. The summed E-state index contributed by atoms with van der Waals surface area (Å²) in [5.74, 6) is 0. The first-order valence-corrected chi connectivity index (χ1v) is 8.51. The predicted octanol–water partition coefficient (Wildman–Crippen LogP) is 3.95. The number of anilines is 1. The Kier molecular flexibility index (Phi) is 5.33. The lowest BCUT2D eigenvalue weighted by Gasteiger charge is -2.43. The van der Waals surface area contributed by atoms with Crippen LogP contribution in [0.2, 0.25) is 0 Å². The van der Waals surface area contributed by atoms with Gasteiger partial charge in [-0.05, 0) is 38.5 Å². The maximum absolute atomic E-state index is 6.02. The van der Waals surface area contributed by atoms with Crippen molar-refractivity contribution in [3.05, 3.63) is 28.2 Å². The number of ether oxygens (including phenoxy) is 1. The average Bonchev–Trinajstić information content (AvgIpc) is 2.34. The van der Waals surface area contributed by atoms with Crippen molar-refractivity contribution in [2.45, 2.75) is 58.9 Å². The van der Waals surface area contributed by atoms with Crippen LogP contribution in [0.15, 0.2) is 22.7 Å². The highest BCUT2D eigenvalue weighted by Gasteiger charge is 2.32. The third-order valence-electron chi connectivity index (χ3n) is 3.66. The van der Waals surface area contributed by atoms with E-state index in [1.165, 1.54) is 11.3 Å². The highest BCUT2D eigenvalue weighted by atomic mass is 79.9. The molecule has 1 aliphatic heterocycles. The molecule has 1 N–H and O–H groups in total. The van der Waals surface area contributed by atoms with Crippen molar-refractivity contribution < 1.29 is 4.74 Å². The van der Waals surface area contributed by atoms with E-state index >= 15 is 0 Å². The summed E-state index contributed by atoms with van der Waals surface area (Å²) in [6.07, 6.45) is 0.249. The molecule has 1 aromatic rings. The summed E-state index contributed by atoms with van der Waals surface area (Å²) in [4.78, 5) is 2.45. The maximum Gasteiger partial charge on any atom is 0.0805 e. The van der Waals surface area contributed by atoms with Crippen LogP contribution in [0.5, 0.6) is 0 Å². The van der Waals surface area contributed by atoms with Crippen LogP contribution in [0.25, 0.3) is 0 Å². The van der Waals surface area contributed by atoms with E-state index in [9.17, 15) is 0 Å². The van der Waals surface area contributed by atoms with E-state index in [2.05, 4.69) is 79.0 Å². The second-order valence-electron chi connectivity index (χ2n) is 6.88. The highest BCUT2D eigenvalue weighted by molar-refractivity contribution is 9.10. The lowest BCUT2D eigenvalue weighted by Crippen LogP contribution is -2.52. The Balaban J connectivity index is 2.26. The van der Waals surface area contributed by atoms with Gasteiger partial charge in [0.05, 0.1) is 11.7 Å². The summed E-state index contributed by atoms with van der Waals surface area (Å²) < 4.78 is 7.15. The number of benzene rings is 1. The predicted molar refractivity (Wildman–Crippen MR) is 93.0 cm³/mol. The molecule has 0 saturated carbocycles. The highest BCUT2D eigenvalue weighted by Crippen LogP contribution is 2.30. The molecule has 0 amide bonds. The van der Waals surface area contributed by atoms with Gasteiger partial charge in [0.2, 0.25) is 0 Å². The van der Waals surface area contributed by atoms with E-state index in [-0.39, 0.29) is 11.7 Å². The fourth-order valence-corrected chi connectivity index (χ4v) is 3.28. The molecule has 0 spiro atoms. The van der Waals surface area contributed by atoms with Crippen LogP contribution in [0.4, 0.5) is 5.69 Å². The van der Waals surface area contributed by atoms with E-state index in [4.69, 9.17) is 4.74 Å². The Bertz CT molecular complexity index is 488. The third-order valence-corrected chi connectivity index (χ3v) is 4.15. The molecule has 4 heteroatoms. The molecule has 1 saturated heterocycles. The summed E-state index contributed by atoms with van der Waals surface area (Å²) in [6.45, 7) is 13.6. The molecular weight excluding hydrogens is 328 g/mol. The number of hydrogen-bond donors (Lipinski definition) is 1. The molecule has 0 aromatic heterocycles. The quantitative estimate of drug-likeness (QED) is 0.885. The Morgan fingerprint density at radius 2 is 2.14 bits per heavy atom. The first-order chi connectivity index (χ1) is 9.77. The molecule has 0 aliphatic carbocycles. The van der Waals surface area contributed by atoms with Crippen molar-refractivity contribution in [2.24, 2.45) is 0 Å². The molecule has 0 radical (unpaired) electrons. The molecular formula is C17H27BrN2O. The number of hydrogen-bond acceptors (Lipinski definition) is 3. The minimum Gasteiger partial charge on any atom is -0.369 e. The summed E-state index contributed by atoms with van der Waals surface area (Å²) in [6, 6.07) is 7.05. The number of halogens is 1. The van der Waals surface area contributed by atoms with Gasteiger partial charge in [-0.25, -0.2) is 0 Å². The van der Waals surface area contributed by atoms with E-state index in [1.807, 2.05) is 0 Å². The maximum atomic E-state index is 6.02. The van der Waals surface area contributed by atoms with Crippen molar-refractivity contribution in [2.75, 3.05) is 18.0 Å². The zero-order chi connectivity index (χ0) is 15.6. The van der Waals surface area contributed by atoms with Gasteiger partial charge in [0.25, 0.3) is 0 Å². The summed E-state index contributed by atoms with van der Waals surface area (Å²) >= 11 is 3.61. The van der Waals surface area contributed by atoms with Crippen LogP contribution in [0.1, 0.15) is 40.2 Å². The van der Waals surface area contributed by atoms with Crippen molar-refractivity contribution in [1.29, 1.82) is 0 Å². The molecule has 21 heavy (non-hydrogen) atoms. The van der Waals surface area contributed by atoms with Crippen LogP contribution in [0, 0.1) is 0 Å². The SMILES string of the molecule is CC(C)NCc1ccc(Br)cc1N1CC(C)OC(C)(C)C1. The summed E-state index contributed by atoms with van der Waals surface area (Å²) in [7, 11) is 0. The van der Waals surface area contributed by atoms with Crippen molar-refractivity contribution in [3.63, 3.8) is 0 Å². The molecule has 118 valence electrons. The Hall–Kier alpha value is -0.580. The molecule has 1 aliphatic rings. The fraction of sp³-hybridized carbons (Fsp3) is 0.647. The molecule has 1 unspecified atom stereocenters. The molecule has 0 bridgehead atoms. The van der Waals surface area contributed by atoms with Crippen LogP contribution < -0.4 is 10.2 Å². The molecule has 1 heterocycles. The first-order valence-electron chi connectivity index (χ1n) is 7.71. The largest absolute Gasteiger partial charge is 0.369 e. The molecule has 2 rings (SSSR count). The van der Waals surface area contributed by atoms with Crippen molar-refractivity contribution >= 4 is 21.6 Å². The van der Waals surface area contributed by atoms with Gasteiger partial charge in [-0.15, -0.1) is 0 Å². The topological polar surface area (TPSA) is 24.5 Å². The van der Waals surface area contributed by atoms with E-state index in [0.29, 0.717) is 6.04 Å². The minimum absolute atomic E-state index is 0.108. The zero-order valence-corrected chi connectivity index (χ0v) is 15.3. The summed E-state index contributed by atoms with van der Waals surface area (Å²) in [5, 5.41) is 3.52. The van der Waals surface area contributed by atoms with Gasteiger partial charge in [0.15, 0.2) is 0 Å². The van der Waals surface area contributed by atoms with E-state index < -0.39 is 0 Å². The Labute approximate surface area is 137 Å². The third kappa shape index (κ3) is 4.70. The van der Waals surface area contributed by atoms with Gasteiger partial charge in [0, 0.05) is 35.8 Å². The minimum atomic E-state index is -0.108. The number of nitrogens with one attached hydrogen (secondary N) is 1. The lowest BCUT2D eigenvalue weighted by atomic mass is 10.0. The van der Waals surface area contributed by atoms with Crippen molar-refractivity contribution in [1.82, 2.24) is 5.32 Å². The van der Waals surface area contributed by atoms with Crippen molar-refractivity contribution in [3.8, 4) is 0 Å². The van der Waals surface area contributed by atoms with E-state index in [0.717, 1.165) is 24.1 Å². The smallest absolute Gasteiger partial charge is 0.0805 e. The monoisotopic (exact) mass is 354 g/mol. The van der Waals surface area contributed by atoms with Gasteiger partial charge in [-0.2, -0.15) is 0 Å². The number of nitrogens with zero attached hydrogens (tertiary/aromatic N) is 1. The molecule has 3 nitrogen and oxygen atoms in total. The van der Waals surface area contributed by atoms with E-state index in [1.54, 1.807) is 0 Å². The second-order valence-corrected chi connectivity index (χ2v) is 7.79. The number of morpholine rings is 1. The Morgan fingerprint density at radius 1 is 1.43 bits per heavy atom. The van der Waals surface area contributed by atoms with Crippen LogP contribution >= 0.6 is 15.9 Å². The normalized spacial score (nSPS) is 21.9. The van der Waals surface area contributed by atoms with Gasteiger partial charge in [-0.3, -0.25) is 0 Å². The van der Waals surface area contributed by atoms with Gasteiger partial charge < -0.3 is 15.0 Å². The standard InChI is InChI=1S/C17H27BrN2O/c1-12(2)19-9-14-6-7-15(18)8-16(14)20-10-13(3)21-17(4,5)11-20/h6-8,12-13,19H,9-11H2,1-5H3. The van der Waals surface area contributed by atoms with Crippen LogP contribution in [-0.4, -0.2) is 30.8 Å². The zero-order valence-electron chi connectivity index (χ0n) is 13.7. The fourth-order valence-electron chi connectivity index (χ4n) is 2.93. The average molecular weight is 355 g/mol. The molecule has 1 atom stereocenters. The molecule has 1 fully saturated rings. The molecule has 1 aromatic carbocycles. The van der Waals surface area contributed by atoms with Crippen LogP contribution in [0.3, 0.4) is 0 Å². The van der Waals surface area contributed by atoms with Gasteiger partial charge in [0.1, 0.15) is 0 Å². The lowest BCUT2D eigenvalue weighted by molar-refractivity contribution is -0.0750. The number of rotatable bonds is 4. The van der Waals surface area contributed by atoms with Crippen LogP contribution in [-0.2, 0) is 11.3 Å².